The third-order valence-electron chi connectivity index (χ3n) is 5.12. The van der Waals surface area contributed by atoms with Gasteiger partial charge in [0.15, 0.2) is 5.78 Å². The molecule has 0 heterocycles. The van der Waals surface area contributed by atoms with E-state index in [-0.39, 0.29) is 53.6 Å². The van der Waals surface area contributed by atoms with E-state index in [2.05, 4.69) is 31.4 Å². The van der Waals surface area contributed by atoms with Crippen LogP contribution in [0.25, 0.3) is 0 Å². The second-order valence-electron chi connectivity index (χ2n) is 8.70. The molecule has 33 heavy (non-hydrogen) atoms. The van der Waals surface area contributed by atoms with Crippen molar-refractivity contribution < 1.29 is 48.7 Å². The maximum Gasteiger partial charge on any atom is 1.00 e. The Morgan fingerprint density at radius 3 is 1.79 bits per heavy atom. The molecular weight excluding hydrogens is 427 g/mol. The van der Waals surface area contributed by atoms with Crippen LogP contribution in [0.3, 0.4) is 0 Å². The van der Waals surface area contributed by atoms with Crippen molar-refractivity contribution in [1.82, 2.24) is 10.6 Å². The zero-order valence-electron chi connectivity index (χ0n) is 22.4. The normalized spacial score (nSPS) is 11.8. The van der Waals surface area contributed by atoms with E-state index in [1.165, 1.54) is 58.8 Å². The van der Waals surface area contributed by atoms with Crippen LogP contribution in [0.1, 0.15) is 125 Å². The van der Waals surface area contributed by atoms with Crippen molar-refractivity contribution >= 4 is 23.9 Å². The second kappa shape index (κ2) is 27.5. The maximum atomic E-state index is 12.2. The number of hydrogen-bond acceptors (Lipinski definition) is 4. The number of amides is 2. The van der Waals surface area contributed by atoms with E-state index in [9.17, 15) is 19.2 Å². The minimum atomic E-state index is -0.532. The molecule has 0 aromatic heterocycles. The molecule has 0 aromatic carbocycles. The molecule has 0 spiro atoms. The molecule has 188 valence electrons. The fourth-order valence-corrected chi connectivity index (χ4v) is 3.32. The van der Waals surface area contributed by atoms with Crippen molar-refractivity contribution in [2.75, 3.05) is 6.54 Å². The average Bonchev–Trinajstić information content (AvgIpc) is 2.73. The topological polar surface area (TPSA) is 92.3 Å². The van der Waals surface area contributed by atoms with Gasteiger partial charge in [0.2, 0.25) is 11.8 Å². The molecule has 0 bridgehead atoms. The molecule has 2 amide bonds. The third kappa shape index (κ3) is 27.4. The molecule has 0 aliphatic heterocycles. The smallest absolute Gasteiger partial charge is 0.541 e. The maximum absolute atomic E-state index is 12.2. The summed E-state index contributed by atoms with van der Waals surface area (Å²) in [5.41, 5.74) is 0. The Morgan fingerprint density at radius 2 is 1.30 bits per heavy atom. The van der Waals surface area contributed by atoms with Gasteiger partial charge in [0, 0.05) is 19.9 Å². The van der Waals surface area contributed by atoms with Gasteiger partial charge in [0.1, 0.15) is 0 Å². The van der Waals surface area contributed by atoms with Crippen molar-refractivity contribution in [1.29, 1.82) is 0 Å². The van der Waals surface area contributed by atoms with Crippen LogP contribution in [0.4, 0.5) is 0 Å². The number of nitrogens with one attached hydrogen (secondary N) is 2. The summed E-state index contributed by atoms with van der Waals surface area (Å²) >= 11 is 0. The number of rotatable bonds is 19. The van der Waals surface area contributed by atoms with Gasteiger partial charge in [-0.05, 0) is 26.2 Å². The van der Waals surface area contributed by atoms with Crippen LogP contribution in [0.2, 0.25) is 0 Å². The molecular formula is C26H49N2NaO4. The summed E-state index contributed by atoms with van der Waals surface area (Å²) in [4.78, 5) is 46.1. The Kier molecular flexibility index (Phi) is 30.7. The van der Waals surface area contributed by atoms with Crippen molar-refractivity contribution in [3.8, 4) is 0 Å². The van der Waals surface area contributed by atoms with Gasteiger partial charge in [-0.1, -0.05) is 85.0 Å². The van der Waals surface area contributed by atoms with Gasteiger partial charge in [-0.2, -0.15) is 0 Å². The van der Waals surface area contributed by atoms with Crippen LogP contribution < -0.4 is 40.2 Å². The predicted molar refractivity (Wildman–Crippen MR) is 132 cm³/mol. The van der Waals surface area contributed by atoms with Gasteiger partial charge >= 0.3 is 29.6 Å². The zero-order chi connectivity index (χ0) is 24.6. The number of ketones is 1. The molecule has 2 atom stereocenters. The quantitative estimate of drug-likeness (QED) is 0.170. The fourth-order valence-electron chi connectivity index (χ4n) is 3.32. The Labute approximate surface area is 225 Å². The molecule has 0 saturated carbocycles. The first-order valence-corrected chi connectivity index (χ1v) is 12.7. The van der Waals surface area contributed by atoms with Crippen LogP contribution in [0.5, 0.6) is 0 Å². The number of unbranched alkanes of at least 4 members (excludes halogenated alkanes) is 8. The summed E-state index contributed by atoms with van der Waals surface area (Å²) in [7, 11) is 0. The molecule has 2 unspecified atom stereocenters. The first-order chi connectivity index (χ1) is 15.3. The molecule has 0 rings (SSSR count). The van der Waals surface area contributed by atoms with Crippen molar-refractivity contribution in [3.05, 3.63) is 0 Å². The molecule has 0 radical (unpaired) electrons. The predicted octanol–water partition coefficient (Wildman–Crippen LogP) is 2.43. The van der Waals surface area contributed by atoms with Crippen molar-refractivity contribution in [2.45, 2.75) is 131 Å². The SMILES string of the molecule is CCC.CCCCCCCCCCC([C-]=O)CC(=O)NC(CCCCNC(C)=O)C(C)=O.[Na+]. The average molecular weight is 477 g/mol. The largest absolute Gasteiger partial charge is 1.00 e. The summed E-state index contributed by atoms with van der Waals surface area (Å²) < 4.78 is 0. The number of carbonyl (C=O) groups is 3. The van der Waals surface area contributed by atoms with E-state index >= 15 is 0 Å². The van der Waals surface area contributed by atoms with Gasteiger partial charge < -0.3 is 15.4 Å². The minimum absolute atomic E-state index is 0. The number of hydrogen-bond donors (Lipinski definition) is 2. The first-order valence-electron chi connectivity index (χ1n) is 12.7. The van der Waals surface area contributed by atoms with Gasteiger partial charge in [0.25, 0.3) is 0 Å². The molecule has 2 N–H and O–H groups in total. The van der Waals surface area contributed by atoms with Crippen LogP contribution in [-0.2, 0) is 19.2 Å². The van der Waals surface area contributed by atoms with Gasteiger partial charge in [-0.3, -0.25) is 20.7 Å². The third-order valence-corrected chi connectivity index (χ3v) is 5.12. The summed E-state index contributed by atoms with van der Waals surface area (Å²) in [5.74, 6) is -0.830. The molecule has 0 fully saturated rings. The number of carbonyl (C=O) groups excluding carboxylic acids is 4. The zero-order valence-corrected chi connectivity index (χ0v) is 24.4. The van der Waals surface area contributed by atoms with E-state index < -0.39 is 12.0 Å². The van der Waals surface area contributed by atoms with Gasteiger partial charge in [-0.25, -0.2) is 0 Å². The summed E-state index contributed by atoms with van der Waals surface area (Å²) in [5, 5.41) is 5.47. The van der Waals surface area contributed by atoms with E-state index in [4.69, 9.17) is 0 Å². The molecule has 7 heteroatoms. The Balaban J connectivity index is -0.00000212. The summed E-state index contributed by atoms with van der Waals surface area (Å²) in [6.07, 6.45) is 15.6. The van der Waals surface area contributed by atoms with E-state index in [1.54, 1.807) is 0 Å². The Bertz CT molecular complexity index is 501. The van der Waals surface area contributed by atoms with E-state index in [1.807, 2.05) is 6.29 Å². The molecule has 0 aliphatic carbocycles. The van der Waals surface area contributed by atoms with E-state index in [0.717, 1.165) is 25.7 Å². The van der Waals surface area contributed by atoms with E-state index in [0.29, 0.717) is 19.4 Å². The molecule has 0 aromatic rings. The van der Waals surface area contributed by atoms with Crippen LogP contribution in [-0.4, -0.2) is 36.5 Å². The molecule has 6 nitrogen and oxygen atoms in total. The van der Waals surface area contributed by atoms with Crippen molar-refractivity contribution in [2.24, 2.45) is 5.92 Å². The molecule has 0 aliphatic rings. The van der Waals surface area contributed by atoms with Crippen LogP contribution >= 0.6 is 0 Å². The fraction of sp³-hybridized carbons (Fsp3) is 0.846. The van der Waals surface area contributed by atoms with Crippen LogP contribution in [0, 0.1) is 5.92 Å². The first kappa shape index (κ1) is 36.8. The number of Topliss-reactive ketones (excluding diaryl/α,β-unsaturated/α-hetero) is 1. The second-order valence-corrected chi connectivity index (χ2v) is 8.70. The Morgan fingerprint density at radius 1 is 0.788 bits per heavy atom. The summed E-state index contributed by atoms with van der Waals surface area (Å²) in [6.45, 7) is 9.95. The van der Waals surface area contributed by atoms with Crippen LogP contribution in [0.15, 0.2) is 0 Å². The minimum Gasteiger partial charge on any atom is -0.541 e. The van der Waals surface area contributed by atoms with Crippen molar-refractivity contribution in [3.63, 3.8) is 0 Å². The van der Waals surface area contributed by atoms with Gasteiger partial charge in [-0.15, -0.1) is 5.92 Å². The standard InChI is InChI=1S/C23H41N2O4.C3H8.Na/c1-4-5-6-7-8-9-10-11-14-21(18-26)17-23(29)25-22(19(2)27)15-12-13-16-24-20(3)28;1-3-2;/h21-22H,4-17H2,1-3H3,(H,24,28)(H,25,29);3H2,1-2H3;/q-1;;+1. The summed E-state index contributed by atoms with van der Waals surface area (Å²) in [6, 6.07) is -0.532. The monoisotopic (exact) mass is 476 g/mol. The molecule has 0 saturated heterocycles. The van der Waals surface area contributed by atoms with Gasteiger partial charge in [0.05, 0.1) is 6.04 Å². The Hall–Kier alpha value is -0.720.